The van der Waals surface area contributed by atoms with Gasteiger partial charge < -0.3 is 0 Å². The molecule has 1 radical (unpaired) electrons. The molecular formula is C4H5O2Zr. The van der Waals surface area contributed by atoms with E-state index in [9.17, 15) is 9.90 Å². The molecule has 0 aliphatic heterocycles. The van der Waals surface area contributed by atoms with Gasteiger partial charge in [-0.3, -0.25) is 0 Å². The Bertz CT molecular complexity index is 75.7. The second-order valence-corrected chi connectivity index (χ2v) is 1.07. The molecule has 37 valence electrons. The Labute approximate surface area is 61.3 Å². The van der Waals surface area contributed by atoms with Crippen molar-refractivity contribution in [1.29, 1.82) is 0 Å². The Balaban J connectivity index is 0. The Morgan fingerprint density at radius 2 is 1.71 bits per heavy atom. The van der Waals surface area contributed by atoms with Gasteiger partial charge in [0.1, 0.15) is 0 Å². The largest absolute Gasteiger partial charge is 0.381 e. The van der Waals surface area contributed by atoms with Crippen LogP contribution in [0.3, 0.4) is 0 Å². The van der Waals surface area contributed by atoms with Crippen LogP contribution in [0.1, 0.15) is 6.92 Å². The maximum absolute atomic E-state index is 9.49. The molecule has 0 aliphatic carbocycles. The standard InChI is InChI=1S/C4H5O2.Zr/c1-3(2)4(5)6;/h1H2,2H3;. The van der Waals surface area contributed by atoms with Crippen molar-refractivity contribution in [2.45, 2.75) is 6.92 Å². The molecule has 7 heavy (non-hydrogen) atoms. The summed E-state index contributed by atoms with van der Waals surface area (Å²) in [7, 11) is 0. The topological polar surface area (TPSA) is 37.0 Å². The van der Waals surface area contributed by atoms with Gasteiger partial charge in [0.25, 0.3) is 0 Å². The molecular weight excluding hydrogens is 171 g/mol. The monoisotopic (exact) mass is 175 g/mol. The summed E-state index contributed by atoms with van der Waals surface area (Å²) in [4.78, 5) is 9.49. The van der Waals surface area contributed by atoms with E-state index >= 15 is 0 Å². The van der Waals surface area contributed by atoms with E-state index in [4.69, 9.17) is 0 Å². The summed E-state index contributed by atoms with van der Waals surface area (Å²) in [5.41, 5.74) is 0.0648. The van der Waals surface area contributed by atoms with E-state index in [1.807, 2.05) is 0 Å². The minimum atomic E-state index is -1.19. The van der Waals surface area contributed by atoms with Crippen LogP contribution in [0.4, 0.5) is 0 Å². The molecule has 0 unspecified atom stereocenters. The molecule has 0 atom stereocenters. The first-order valence-electron chi connectivity index (χ1n) is 1.51. The van der Waals surface area contributed by atoms with Crippen molar-refractivity contribution in [1.82, 2.24) is 0 Å². The van der Waals surface area contributed by atoms with Crippen LogP contribution in [0.2, 0.25) is 0 Å². The molecule has 0 aromatic heterocycles. The zero-order chi connectivity index (χ0) is 5.15. The SMILES string of the molecule is C=C(C)C([O])=O.[Zr]. The zero-order valence-corrected chi connectivity index (χ0v) is 6.48. The number of rotatable bonds is 1. The van der Waals surface area contributed by atoms with Gasteiger partial charge in [0.2, 0.25) is 0 Å². The molecule has 0 aromatic carbocycles. The fourth-order valence-electron chi connectivity index (χ4n) is 0. The molecule has 0 fully saturated rings. The van der Waals surface area contributed by atoms with Gasteiger partial charge in [-0.2, -0.15) is 0 Å². The number of hydrogen-bond donors (Lipinski definition) is 0. The first-order valence-corrected chi connectivity index (χ1v) is 1.51. The second-order valence-electron chi connectivity index (χ2n) is 1.07. The maximum atomic E-state index is 9.49. The van der Waals surface area contributed by atoms with Gasteiger partial charge in [-0.05, 0) is 6.92 Å². The van der Waals surface area contributed by atoms with E-state index in [-0.39, 0.29) is 31.8 Å². The van der Waals surface area contributed by atoms with Crippen LogP contribution in [-0.4, -0.2) is 5.97 Å². The Morgan fingerprint density at radius 1 is 1.57 bits per heavy atom. The molecule has 0 aliphatic rings. The molecule has 0 heterocycles. The van der Waals surface area contributed by atoms with Crippen molar-refractivity contribution >= 4 is 5.97 Å². The predicted octanol–water partition coefficient (Wildman–Crippen LogP) is 0.517. The van der Waals surface area contributed by atoms with Crippen LogP contribution in [0.15, 0.2) is 12.2 Å². The van der Waals surface area contributed by atoms with Gasteiger partial charge in [-0.25, -0.2) is 9.90 Å². The molecule has 0 bridgehead atoms. The van der Waals surface area contributed by atoms with Crippen LogP contribution >= 0.6 is 0 Å². The summed E-state index contributed by atoms with van der Waals surface area (Å²) < 4.78 is 0. The smallest absolute Gasteiger partial charge is 0.242 e. The van der Waals surface area contributed by atoms with E-state index in [1.54, 1.807) is 0 Å². The van der Waals surface area contributed by atoms with Crippen molar-refractivity contribution in [2.75, 3.05) is 0 Å². The van der Waals surface area contributed by atoms with E-state index < -0.39 is 5.97 Å². The van der Waals surface area contributed by atoms with E-state index in [0.29, 0.717) is 0 Å². The van der Waals surface area contributed by atoms with Crippen LogP contribution in [0, 0.1) is 0 Å². The third-order valence-electron chi connectivity index (χ3n) is 0.348. The molecule has 0 spiro atoms. The van der Waals surface area contributed by atoms with Crippen molar-refractivity contribution in [3.8, 4) is 0 Å². The minimum Gasteiger partial charge on any atom is -0.242 e. The molecule has 2 nitrogen and oxygen atoms in total. The van der Waals surface area contributed by atoms with E-state index in [2.05, 4.69) is 6.58 Å². The maximum Gasteiger partial charge on any atom is 0.381 e. The summed E-state index contributed by atoms with van der Waals surface area (Å²) in [5, 5.41) is 9.49. The fraction of sp³-hybridized carbons (Fsp3) is 0.250. The van der Waals surface area contributed by atoms with Crippen molar-refractivity contribution < 1.29 is 36.1 Å². The number of hydrogen-bond acceptors (Lipinski definition) is 1. The third kappa shape index (κ3) is 6.09. The number of carbonyl (C=O) groups excluding carboxylic acids is 1. The average molecular weight is 176 g/mol. The first-order chi connectivity index (χ1) is 2.64. The van der Waals surface area contributed by atoms with Crippen molar-refractivity contribution in [2.24, 2.45) is 0 Å². The molecule has 0 saturated heterocycles. The molecule has 0 saturated carbocycles. The molecule has 0 rings (SSSR count). The van der Waals surface area contributed by atoms with Crippen LogP contribution in [-0.2, 0) is 36.1 Å². The summed E-state index contributed by atoms with van der Waals surface area (Å²) in [6.45, 7) is 4.48. The van der Waals surface area contributed by atoms with E-state index in [0.717, 1.165) is 0 Å². The van der Waals surface area contributed by atoms with Crippen LogP contribution in [0.5, 0.6) is 0 Å². The van der Waals surface area contributed by atoms with Gasteiger partial charge in [-0.15, -0.1) is 0 Å². The Morgan fingerprint density at radius 3 is 1.71 bits per heavy atom. The molecule has 0 aromatic rings. The molecule has 0 N–H and O–H groups in total. The minimum absolute atomic E-state index is 0. The summed E-state index contributed by atoms with van der Waals surface area (Å²) in [5.74, 6) is -1.19. The third-order valence-corrected chi connectivity index (χ3v) is 0.348. The second kappa shape index (κ2) is 4.26. The van der Waals surface area contributed by atoms with Gasteiger partial charge in [-0.1, -0.05) is 6.58 Å². The quantitative estimate of drug-likeness (QED) is 0.537. The fourth-order valence-corrected chi connectivity index (χ4v) is 0. The van der Waals surface area contributed by atoms with Gasteiger partial charge in [0, 0.05) is 31.8 Å². The average Bonchev–Trinajstić information content (AvgIpc) is 1.36. The van der Waals surface area contributed by atoms with E-state index in [1.165, 1.54) is 6.92 Å². The zero-order valence-electron chi connectivity index (χ0n) is 4.02. The van der Waals surface area contributed by atoms with Crippen LogP contribution in [0.25, 0.3) is 0 Å². The summed E-state index contributed by atoms with van der Waals surface area (Å²) in [6, 6.07) is 0. The predicted molar refractivity (Wildman–Crippen MR) is 20.5 cm³/mol. The van der Waals surface area contributed by atoms with Gasteiger partial charge >= 0.3 is 5.97 Å². The van der Waals surface area contributed by atoms with Gasteiger partial charge in [0.05, 0.1) is 0 Å². The molecule has 3 heteroatoms. The Kier molecular flexibility index (Phi) is 6.17. The summed E-state index contributed by atoms with van der Waals surface area (Å²) in [6.07, 6.45) is 0. The van der Waals surface area contributed by atoms with Crippen LogP contribution < -0.4 is 0 Å². The molecule has 0 amide bonds. The first kappa shape index (κ1) is 10.2. The summed E-state index contributed by atoms with van der Waals surface area (Å²) >= 11 is 0. The Hall–Kier alpha value is 0.0931. The van der Waals surface area contributed by atoms with Crippen molar-refractivity contribution in [3.63, 3.8) is 0 Å². The van der Waals surface area contributed by atoms with Gasteiger partial charge in [0.15, 0.2) is 0 Å². The normalized spacial score (nSPS) is 6.43. The van der Waals surface area contributed by atoms with Crippen molar-refractivity contribution in [3.05, 3.63) is 12.2 Å². The number of carbonyl (C=O) groups is 1.